The van der Waals surface area contributed by atoms with Gasteiger partial charge in [0.05, 0.1) is 18.9 Å². The van der Waals surface area contributed by atoms with Crippen molar-refractivity contribution >= 4 is 41.3 Å². The van der Waals surface area contributed by atoms with Crippen LogP contribution in [-0.4, -0.2) is 31.1 Å². The van der Waals surface area contributed by atoms with E-state index in [-0.39, 0.29) is 0 Å². The number of carbonyl (C=O) groups excluding carboxylic acids is 3. The highest BCUT2D eigenvalue weighted by Gasteiger charge is 2.14. The molecule has 0 aliphatic carbocycles. The molecule has 2 aromatic rings. The van der Waals surface area contributed by atoms with Crippen molar-refractivity contribution in [2.75, 3.05) is 12.4 Å². The van der Waals surface area contributed by atoms with Crippen molar-refractivity contribution in [3.05, 3.63) is 64.2 Å². The number of methoxy groups -OCH3 is 1. The lowest BCUT2D eigenvalue weighted by atomic mass is 10.1. The number of anilines is 1. The second-order valence-corrected chi connectivity index (χ2v) is 5.59. The van der Waals surface area contributed by atoms with Crippen molar-refractivity contribution in [1.29, 1.82) is 0 Å². The summed E-state index contributed by atoms with van der Waals surface area (Å²) >= 11 is 5.96. The summed E-state index contributed by atoms with van der Waals surface area (Å²) in [5.74, 6) is -2.24. The smallest absolute Gasteiger partial charge is 0.337 e. The lowest BCUT2D eigenvalue weighted by molar-refractivity contribution is -0.136. The average Bonchev–Trinajstić information content (AvgIpc) is 2.65. The standard InChI is InChI=1S/C18H16ClN3O4/c1-11-14(19)4-3-5-15(11)21-16(23)17(24)22-20-10-12-6-8-13(9-7-12)18(25)26-2/h3-10H,1-2H3,(H,21,23)(H,22,24). The summed E-state index contributed by atoms with van der Waals surface area (Å²) in [6.07, 6.45) is 1.34. The third-order valence-corrected chi connectivity index (χ3v) is 3.84. The molecule has 2 rings (SSSR count). The fourth-order valence-corrected chi connectivity index (χ4v) is 2.14. The summed E-state index contributed by atoms with van der Waals surface area (Å²) in [5.41, 5.74) is 4.25. The molecule has 0 fully saturated rings. The van der Waals surface area contributed by atoms with Gasteiger partial charge in [-0.25, -0.2) is 10.2 Å². The molecule has 134 valence electrons. The number of halogens is 1. The average molecular weight is 374 g/mol. The first-order chi connectivity index (χ1) is 12.4. The van der Waals surface area contributed by atoms with Crippen LogP contribution in [-0.2, 0) is 14.3 Å². The highest BCUT2D eigenvalue weighted by molar-refractivity contribution is 6.40. The number of nitrogens with one attached hydrogen (secondary N) is 2. The van der Waals surface area contributed by atoms with Crippen LogP contribution in [0.4, 0.5) is 5.69 Å². The van der Waals surface area contributed by atoms with Gasteiger partial charge in [0, 0.05) is 10.7 Å². The first-order valence-corrected chi connectivity index (χ1v) is 7.88. The molecule has 0 spiro atoms. The minimum absolute atomic E-state index is 0.393. The van der Waals surface area contributed by atoms with E-state index >= 15 is 0 Å². The molecule has 0 radical (unpaired) electrons. The molecule has 2 N–H and O–H groups in total. The van der Waals surface area contributed by atoms with E-state index in [0.29, 0.717) is 27.4 Å². The first kappa shape index (κ1) is 19.1. The van der Waals surface area contributed by atoms with E-state index in [2.05, 4.69) is 20.6 Å². The van der Waals surface area contributed by atoms with E-state index in [4.69, 9.17) is 11.6 Å². The largest absolute Gasteiger partial charge is 0.465 e. The van der Waals surface area contributed by atoms with Crippen molar-refractivity contribution in [3.63, 3.8) is 0 Å². The number of hydrogen-bond acceptors (Lipinski definition) is 5. The molecule has 0 aliphatic heterocycles. The van der Waals surface area contributed by atoms with E-state index in [1.165, 1.54) is 13.3 Å². The minimum Gasteiger partial charge on any atom is -0.465 e. The third-order valence-electron chi connectivity index (χ3n) is 3.43. The lowest BCUT2D eigenvalue weighted by Crippen LogP contribution is -2.32. The van der Waals surface area contributed by atoms with E-state index < -0.39 is 17.8 Å². The van der Waals surface area contributed by atoms with E-state index in [0.717, 1.165) is 0 Å². The monoisotopic (exact) mass is 373 g/mol. The fourth-order valence-electron chi connectivity index (χ4n) is 1.96. The molecule has 2 aromatic carbocycles. The number of rotatable bonds is 4. The zero-order valence-electron chi connectivity index (χ0n) is 14.1. The van der Waals surface area contributed by atoms with E-state index in [9.17, 15) is 14.4 Å². The Morgan fingerprint density at radius 1 is 1.08 bits per heavy atom. The van der Waals surface area contributed by atoms with Gasteiger partial charge >= 0.3 is 17.8 Å². The number of amides is 2. The quantitative estimate of drug-likeness (QED) is 0.372. The molecular formula is C18H16ClN3O4. The van der Waals surface area contributed by atoms with Crippen molar-refractivity contribution < 1.29 is 19.1 Å². The minimum atomic E-state index is -0.924. The normalized spacial score (nSPS) is 10.4. The molecule has 0 aliphatic rings. The molecule has 0 bridgehead atoms. The van der Waals surface area contributed by atoms with E-state index in [1.807, 2.05) is 0 Å². The molecule has 0 saturated carbocycles. The fraction of sp³-hybridized carbons (Fsp3) is 0.111. The molecular weight excluding hydrogens is 358 g/mol. The van der Waals surface area contributed by atoms with Gasteiger partial charge in [-0.3, -0.25) is 9.59 Å². The lowest BCUT2D eigenvalue weighted by Gasteiger charge is -2.08. The van der Waals surface area contributed by atoms with Gasteiger partial charge in [0.15, 0.2) is 0 Å². The molecule has 0 heterocycles. The molecule has 0 aromatic heterocycles. The summed E-state index contributed by atoms with van der Waals surface area (Å²) < 4.78 is 4.60. The van der Waals surface area contributed by atoms with Crippen LogP contribution in [0.15, 0.2) is 47.6 Å². The zero-order chi connectivity index (χ0) is 19.1. The topological polar surface area (TPSA) is 96.9 Å². The van der Waals surface area contributed by atoms with Gasteiger partial charge in [-0.15, -0.1) is 0 Å². The molecule has 0 unspecified atom stereocenters. The highest BCUT2D eigenvalue weighted by Crippen LogP contribution is 2.22. The SMILES string of the molecule is COC(=O)c1ccc(C=NNC(=O)C(=O)Nc2cccc(Cl)c2C)cc1. The zero-order valence-corrected chi connectivity index (χ0v) is 14.8. The van der Waals surface area contributed by atoms with Crippen LogP contribution >= 0.6 is 11.6 Å². The summed E-state index contributed by atoms with van der Waals surface area (Å²) in [7, 11) is 1.29. The van der Waals surface area contributed by atoms with Crippen molar-refractivity contribution in [2.24, 2.45) is 5.10 Å². The van der Waals surface area contributed by atoms with Gasteiger partial charge < -0.3 is 10.1 Å². The highest BCUT2D eigenvalue weighted by atomic mass is 35.5. The molecule has 8 heteroatoms. The maximum absolute atomic E-state index is 11.9. The van der Waals surface area contributed by atoms with Crippen LogP contribution in [0, 0.1) is 6.92 Å². The predicted octanol–water partition coefficient (Wildman–Crippen LogP) is 2.52. The second kappa shape index (κ2) is 8.77. The third kappa shape index (κ3) is 4.90. The number of benzene rings is 2. The summed E-state index contributed by atoms with van der Waals surface area (Å²) in [4.78, 5) is 35.0. The Balaban J connectivity index is 1.93. The van der Waals surface area contributed by atoms with Gasteiger partial charge in [0.1, 0.15) is 0 Å². The molecule has 0 saturated heterocycles. The van der Waals surface area contributed by atoms with Gasteiger partial charge in [-0.05, 0) is 42.3 Å². The van der Waals surface area contributed by atoms with Crippen molar-refractivity contribution in [3.8, 4) is 0 Å². The molecule has 0 atom stereocenters. The van der Waals surface area contributed by atoms with Gasteiger partial charge in [-0.2, -0.15) is 5.10 Å². The van der Waals surface area contributed by atoms with Crippen LogP contribution in [0.3, 0.4) is 0 Å². The molecule has 26 heavy (non-hydrogen) atoms. The van der Waals surface area contributed by atoms with Gasteiger partial charge in [0.25, 0.3) is 0 Å². The number of ether oxygens (including phenoxy) is 1. The van der Waals surface area contributed by atoms with Crippen LogP contribution in [0.1, 0.15) is 21.5 Å². The number of hydrogen-bond donors (Lipinski definition) is 2. The second-order valence-electron chi connectivity index (χ2n) is 5.18. The Kier molecular flexibility index (Phi) is 6.46. The van der Waals surface area contributed by atoms with Gasteiger partial charge in [-0.1, -0.05) is 29.8 Å². The molecule has 7 nitrogen and oxygen atoms in total. The Bertz CT molecular complexity index is 863. The Labute approximate surface area is 155 Å². The first-order valence-electron chi connectivity index (χ1n) is 7.50. The van der Waals surface area contributed by atoms with Crippen molar-refractivity contribution in [1.82, 2.24) is 5.43 Å². The number of esters is 1. The summed E-state index contributed by atoms with van der Waals surface area (Å²) in [6, 6.07) is 11.3. The number of carbonyl (C=O) groups is 3. The maximum atomic E-state index is 11.9. The predicted molar refractivity (Wildman–Crippen MR) is 98.3 cm³/mol. The van der Waals surface area contributed by atoms with Crippen LogP contribution in [0.2, 0.25) is 5.02 Å². The maximum Gasteiger partial charge on any atom is 0.337 e. The van der Waals surface area contributed by atoms with Gasteiger partial charge in [0.2, 0.25) is 0 Å². The number of hydrazone groups is 1. The Hall–Kier alpha value is -3.19. The van der Waals surface area contributed by atoms with Crippen LogP contribution in [0.5, 0.6) is 0 Å². The van der Waals surface area contributed by atoms with Crippen LogP contribution < -0.4 is 10.7 Å². The Morgan fingerprint density at radius 3 is 2.42 bits per heavy atom. The number of nitrogens with zero attached hydrogens (tertiary/aromatic N) is 1. The summed E-state index contributed by atoms with van der Waals surface area (Å²) in [5, 5.41) is 6.66. The van der Waals surface area contributed by atoms with Crippen molar-refractivity contribution in [2.45, 2.75) is 6.92 Å². The van der Waals surface area contributed by atoms with Crippen LogP contribution in [0.25, 0.3) is 0 Å². The molecule has 2 amide bonds. The summed E-state index contributed by atoms with van der Waals surface area (Å²) in [6.45, 7) is 1.73. The Morgan fingerprint density at radius 2 is 1.77 bits per heavy atom. The van der Waals surface area contributed by atoms with E-state index in [1.54, 1.807) is 49.4 Å².